The Morgan fingerprint density at radius 3 is 2.88 bits per heavy atom. The molecule has 0 aromatic heterocycles. The van der Waals surface area contributed by atoms with E-state index in [0.717, 1.165) is 12.5 Å². The molecule has 2 rings (SSSR count). The van der Waals surface area contributed by atoms with Crippen molar-refractivity contribution < 1.29 is 0 Å². The van der Waals surface area contributed by atoms with Crippen molar-refractivity contribution in [2.75, 3.05) is 11.4 Å². The van der Waals surface area contributed by atoms with Crippen LogP contribution >= 0.6 is 0 Å². The van der Waals surface area contributed by atoms with Crippen LogP contribution in [0.4, 0.5) is 5.69 Å². The SMILES string of the molecule is CCc1cccc(N2CCCCC2CC)c1. The molecule has 1 unspecified atom stereocenters. The van der Waals surface area contributed by atoms with Crippen molar-refractivity contribution in [1.29, 1.82) is 0 Å². The zero-order chi connectivity index (χ0) is 11.4. The lowest BCUT2D eigenvalue weighted by molar-refractivity contribution is 0.450. The van der Waals surface area contributed by atoms with Gasteiger partial charge in [0.1, 0.15) is 0 Å². The van der Waals surface area contributed by atoms with E-state index in [1.165, 1.54) is 43.5 Å². The summed E-state index contributed by atoms with van der Waals surface area (Å²) in [4.78, 5) is 2.61. The van der Waals surface area contributed by atoms with Crippen molar-refractivity contribution in [2.24, 2.45) is 0 Å². The molecular formula is C15H23N. The standard InChI is InChI=1S/C15H23N/c1-3-13-8-7-10-15(12-13)16-11-6-5-9-14(16)4-2/h7-8,10,12,14H,3-6,9,11H2,1-2H3. The van der Waals surface area contributed by atoms with Crippen molar-refractivity contribution in [3.63, 3.8) is 0 Å². The molecule has 1 aliphatic heterocycles. The summed E-state index contributed by atoms with van der Waals surface area (Å²) in [7, 11) is 0. The molecule has 1 fully saturated rings. The molecule has 1 aromatic carbocycles. The van der Waals surface area contributed by atoms with E-state index in [9.17, 15) is 0 Å². The minimum Gasteiger partial charge on any atom is -0.369 e. The molecule has 1 heterocycles. The van der Waals surface area contributed by atoms with Crippen molar-refractivity contribution in [3.8, 4) is 0 Å². The van der Waals surface area contributed by atoms with Gasteiger partial charge in [-0.25, -0.2) is 0 Å². The normalized spacial score (nSPS) is 21.1. The highest BCUT2D eigenvalue weighted by molar-refractivity contribution is 5.50. The minimum atomic E-state index is 0.765. The van der Waals surface area contributed by atoms with Crippen LogP contribution in [0, 0.1) is 0 Å². The van der Waals surface area contributed by atoms with Gasteiger partial charge in [0.15, 0.2) is 0 Å². The average Bonchev–Trinajstić information content (AvgIpc) is 2.38. The van der Waals surface area contributed by atoms with Gasteiger partial charge in [-0.1, -0.05) is 26.0 Å². The molecule has 16 heavy (non-hydrogen) atoms. The summed E-state index contributed by atoms with van der Waals surface area (Å²) >= 11 is 0. The predicted molar refractivity (Wildman–Crippen MR) is 71.1 cm³/mol. The monoisotopic (exact) mass is 217 g/mol. The first kappa shape index (κ1) is 11.5. The third-order valence-corrected chi connectivity index (χ3v) is 3.75. The Kier molecular flexibility index (Phi) is 3.87. The van der Waals surface area contributed by atoms with Crippen LogP contribution in [0.1, 0.15) is 45.1 Å². The number of hydrogen-bond donors (Lipinski definition) is 0. The fourth-order valence-electron chi connectivity index (χ4n) is 2.72. The van der Waals surface area contributed by atoms with E-state index in [1.54, 1.807) is 0 Å². The molecule has 88 valence electrons. The molecule has 0 bridgehead atoms. The van der Waals surface area contributed by atoms with Gasteiger partial charge in [0.2, 0.25) is 0 Å². The first-order chi connectivity index (χ1) is 7.85. The third kappa shape index (κ3) is 2.40. The van der Waals surface area contributed by atoms with Crippen molar-refractivity contribution in [2.45, 2.75) is 52.0 Å². The summed E-state index contributed by atoms with van der Waals surface area (Å²) in [5, 5.41) is 0. The zero-order valence-electron chi connectivity index (χ0n) is 10.6. The van der Waals surface area contributed by atoms with Gasteiger partial charge >= 0.3 is 0 Å². The van der Waals surface area contributed by atoms with E-state index >= 15 is 0 Å². The van der Waals surface area contributed by atoms with Gasteiger partial charge in [-0.2, -0.15) is 0 Å². The zero-order valence-corrected chi connectivity index (χ0v) is 10.6. The predicted octanol–water partition coefficient (Wildman–Crippen LogP) is 4.02. The lowest BCUT2D eigenvalue weighted by atomic mass is 9.98. The summed E-state index contributed by atoms with van der Waals surface area (Å²) in [5.41, 5.74) is 2.89. The fraction of sp³-hybridized carbons (Fsp3) is 0.600. The Bertz CT molecular complexity index is 332. The van der Waals surface area contributed by atoms with E-state index in [4.69, 9.17) is 0 Å². The van der Waals surface area contributed by atoms with Crippen molar-refractivity contribution in [3.05, 3.63) is 29.8 Å². The first-order valence-corrected chi connectivity index (χ1v) is 6.70. The molecule has 1 nitrogen and oxygen atoms in total. The lowest BCUT2D eigenvalue weighted by Crippen LogP contribution is -2.39. The van der Waals surface area contributed by atoms with Gasteiger partial charge in [0.25, 0.3) is 0 Å². The molecule has 0 aliphatic carbocycles. The van der Waals surface area contributed by atoms with Gasteiger partial charge in [-0.3, -0.25) is 0 Å². The largest absolute Gasteiger partial charge is 0.369 e. The van der Waals surface area contributed by atoms with E-state index in [-0.39, 0.29) is 0 Å². The molecule has 1 heteroatoms. The van der Waals surface area contributed by atoms with Crippen LogP contribution in [0.25, 0.3) is 0 Å². The topological polar surface area (TPSA) is 3.24 Å². The van der Waals surface area contributed by atoms with Gasteiger partial charge in [-0.15, -0.1) is 0 Å². The first-order valence-electron chi connectivity index (χ1n) is 6.70. The summed E-state index contributed by atoms with van der Waals surface area (Å²) in [6, 6.07) is 9.84. The van der Waals surface area contributed by atoms with E-state index in [0.29, 0.717) is 0 Å². The summed E-state index contributed by atoms with van der Waals surface area (Å²) < 4.78 is 0. The number of piperidine rings is 1. The average molecular weight is 217 g/mol. The molecule has 0 spiro atoms. The smallest absolute Gasteiger partial charge is 0.0371 e. The van der Waals surface area contributed by atoms with Crippen LogP contribution < -0.4 is 4.90 Å². The Hall–Kier alpha value is -0.980. The Labute approximate surface area is 99.5 Å². The molecule has 0 radical (unpaired) electrons. The molecule has 0 N–H and O–H groups in total. The quantitative estimate of drug-likeness (QED) is 0.739. The molecule has 1 saturated heterocycles. The van der Waals surface area contributed by atoms with Crippen LogP contribution in [0.5, 0.6) is 0 Å². The molecular weight excluding hydrogens is 194 g/mol. The Morgan fingerprint density at radius 1 is 1.25 bits per heavy atom. The minimum absolute atomic E-state index is 0.765. The third-order valence-electron chi connectivity index (χ3n) is 3.75. The maximum Gasteiger partial charge on any atom is 0.0371 e. The molecule has 1 aromatic rings. The van der Waals surface area contributed by atoms with Crippen LogP contribution in [0.3, 0.4) is 0 Å². The van der Waals surface area contributed by atoms with Gasteiger partial charge < -0.3 is 4.90 Å². The van der Waals surface area contributed by atoms with Crippen LogP contribution in [-0.2, 0) is 6.42 Å². The van der Waals surface area contributed by atoms with Gasteiger partial charge in [0, 0.05) is 18.3 Å². The van der Waals surface area contributed by atoms with E-state index in [1.807, 2.05) is 0 Å². The maximum absolute atomic E-state index is 2.61. The highest BCUT2D eigenvalue weighted by atomic mass is 15.2. The second-order valence-corrected chi connectivity index (χ2v) is 4.77. The van der Waals surface area contributed by atoms with Crippen LogP contribution in [-0.4, -0.2) is 12.6 Å². The fourth-order valence-corrected chi connectivity index (χ4v) is 2.72. The van der Waals surface area contributed by atoms with E-state index in [2.05, 4.69) is 43.0 Å². The van der Waals surface area contributed by atoms with Gasteiger partial charge in [-0.05, 0) is 49.8 Å². The van der Waals surface area contributed by atoms with Crippen molar-refractivity contribution >= 4 is 5.69 Å². The summed E-state index contributed by atoms with van der Waals surface area (Å²) in [5.74, 6) is 0. The number of hydrogen-bond acceptors (Lipinski definition) is 1. The lowest BCUT2D eigenvalue weighted by Gasteiger charge is -2.37. The molecule has 1 atom stereocenters. The Morgan fingerprint density at radius 2 is 2.12 bits per heavy atom. The molecule has 0 saturated carbocycles. The van der Waals surface area contributed by atoms with E-state index < -0.39 is 0 Å². The van der Waals surface area contributed by atoms with Crippen LogP contribution in [0.15, 0.2) is 24.3 Å². The molecule has 1 aliphatic rings. The number of aryl methyl sites for hydroxylation is 1. The Balaban J connectivity index is 2.20. The second kappa shape index (κ2) is 5.38. The van der Waals surface area contributed by atoms with Crippen LogP contribution in [0.2, 0.25) is 0 Å². The number of rotatable bonds is 3. The summed E-state index contributed by atoms with van der Waals surface area (Å²) in [6.45, 7) is 5.78. The van der Waals surface area contributed by atoms with Gasteiger partial charge in [0.05, 0.1) is 0 Å². The van der Waals surface area contributed by atoms with Crippen molar-refractivity contribution in [1.82, 2.24) is 0 Å². The maximum atomic E-state index is 2.61. The number of benzene rings is 1. The highest BCUT2D eigenvalue weighted by Gasteiger charge is 2.20. The molecule has 0 amide bonds. The summed E-state index contributed by atoms with van der Waals surface area (Å²) in [6.07, 6.45) is 6.54. The second-order valence-electron chi connectivity index (χ2n) is 4.77. The highest BCUT2D eigenvalue weighted by Crippen LogP contribution is 2.27. The number of nitrogens with zero attached hydrogens (tertiary/aromatic N) is 1. The number of anilines is 1.